The van der Waals surface area contributed by atoms with Crippen molar-refractivity contribution in [3.63, 3.8) is 0 Å². The number of hydrogen-bond donors (Lipinski definition) is 0. The average molecular weight is 393 g/mol. The highest BCUT2D eigenvalue weighted by atomic mass is 16.5. The van der Waals surface area contributed by atoms with Gasteiger partial charge in [-0.25, -0.2) is 4.98 Å². The molecule has 6 heteroatoms. The SMILES string of the molecule is CC(C)CN1CCN(C(=O)c2cc3ccc(Oc4ccccn4)cc3n2C)CC1. The first-order chi connectivity index (χ1) is 14.0. The Hall–Kier alpha value is -2.86. The summed E-state index contributed by atoms with van der Waals surface area (Å²) in [5.41, 5.74) is 1.69. The zero-order valence-electron chi connectivity index (χ0n) is 17.3. The van der Waals surface area contributed by atoms with Crippen LogP contribution in [-0.4, -0.2) is 58.0 Å². The lowest BCUT2D eigenvalue weighted by Gasteiger charge is -2.35. The number of hydrogen-bond acceptors (Lipinski definition) is 4. The van der Waals surface area contributed by atoms with Crippen molar-refractivity contribution in [1.29, 1.82) is 0 Å². The third-order valence-corrected chi connectivity index (χ3v) is 5.38. The summed E-state index contributed by atoms with van der Waals surface area (Å²) in [6.07, 6.45) is 1.70. The number of carbonyl (C=O) groups is 1. The third kappa shape index (κ3) is 4.27. The van der Waals surface area contributed by atoms with Crippen molar-refractivity contribution < 1.29 is 9.53 Å². The number of benzene rings is 1. The molecule has 152 valence electrons. The van der Waals surface area contributed by atoms with E-state index in [9.17, 15) is 4.79 Å². The van der Waals surface area contributed by atoms with Gasteiger partial charge in [0.1, 0.15) is 11.4 Å². The van der Waals surface area contributed by atoms with Gasteiger partial charge in [0.25, 0.3) is 5.91 Å². The lowest BCUT2D eigenvalue weighted by Crippen LogP contribution is -2.49. The lowest BCUT2D eigenvalue weighted by atomic mass is 10.2. The van der Waals surface area contributed by atoms with Crippen molar-refractivity contribution in [3.05, 3.63) is 54.4 Å². The fraction of sp³-hybridized carbons (Fsp3) is 0.391. The van der Waals surface area contributed by atoms with Crippen LogP contribution in [0.25, 0.3) is 10.9 Å². The van der Waals surface area contributed by atoms with Gasteiger partial charge in [0.2, 0.25) is 5.88 Å². The molecule has 2 aromatic heterocycles. The molecule has 1 saturated heterocycles. The van der Waals surface area contributed by atoms with E-state index in [2.05, 4.69) is 23.7 Å². The number of ether oxygens (including phenoxy) is 1. The van der Waals surface area contributed by atoms with Crippen LogP contribution in [0, 0.1) is 5.92 Å². The minimum Gasteiger partial charge on any atom is -0.439 e. The van der Waals surface area contributed by atoms with Crippen LogP contribution in [0.2, 0.25) is 0 Å². The normalized spacial score (nSPS) is 15.2. The minimum atomic E-state index is 0.0973. The van der Waals surface area contributed by atoms with E-state index in [-0.39, 0.29) is 5.91 Å². The molecule has 3 aromatic rings. The van der Waals surface area contributed by atoms with Gasteiger partial charge < -0.3 is 14.2 Å². The van der Waals surface area contributed by atoms with Gasteiger partial charge in [-0.15, -0.1) is 0 Å². The molecule has 0 radical (unpaired) electrons. The van der Waals surface area contributed by atoms with Gasteiger partial charge in [0, 0.05) is 63.5 Å². The molecule has 0 N–H and O–H groups in total. The van der Waals surface area contributed by atoms with Crippen LogP contribution in [-0.2, 0) is 7.05 Å². The lowest BCUT2D eigenvalue weighted by molar-refractivity contribution is 0.0615. The van der Waals surface area contributed by atoms with Crippen molar-refractivity contribution in [1.82, 2.24) is 19.4 Å². The van der Waals surface area contributed by atoms with Crippen LogP contribution in [0.5, 0.6) is 11.6 Å². The maximum atomic E-state index is 13.1. The number of piperazine rings is 1. The van der Waals surface area contributed by atoms with Gasteiger partial charge in [-0.1, -0.05) is 19.9 Å². The molecular formula is C23H28N4O2. The van der Waals surface area contributed by atoms with Gasteiger partial charge in [0.05, 0.1) is 5.52 Å². The smallest absolute Gasteiger partial charge is 0.270 e. The number of nitrogens with zero attached hydrogens (tertiary/aromatic N) is 4. The van der Waals surface area contributed by atoms with E-state index in [4.69, 9.17) is 4.74 Å². The van der Waals surface area contributed by atoms with Crippen LogP contribution in [0.15, 0.2) is 48.7 Å². The molecule has 1 amide bonds. The molecule has 29 heavy (non-hydrogen) atoms. The summed E-state index contributed by atoms with van der Waals surface area (Å²) in [7, 11) is 1.94. The van der Waals surface area contributed by atoms with Crippen LogP contribution in [0.4, 0.5) is 0 Å². The van der Waals surface area contributed by atoms with Crippen molar-refractivity contribution in [2.75, 3.05) is 32.7 Å². The van der Waals surface area contributed by atoms with Gasteiger partial charge in [0.15, 0.2) is 0 Å². The Morgan fingerprint density at radius 1 is 1.10 bits per heavy atom. The monoisotopic (exact) mass is 392 g/mol. The molecular weight excluding hydrogens is 364 g/mol. The summed E-state index contributed by atoms with van der Waals surface area (Å²) in [5.74, 6) is 2.01. The van der Waals surface area contributed by atoms with E-state index < -0.39 is 0 Å². The number of rotatable bonds is 5. The van der Waals surface area contributed by atoms with Gasteiger partial charge in [-0.3, -0.25) is 9.69 Å². The molecule has 1 aliphatic rings. The molecule has 4 rings (SSSR count). The zero-order chi connectivity index (χ0) is 20.4. The molecule has 1 aliphatic heterocycles. The third-order valence-electron chi connectivity index (χ3n) is 5.38. The number of aromatic nitrogens is 2. The predicted octanol–water partition coefficient (Wildman–Crippen LogP) is 3.78. The van der Waals surface area contributed by atoms with E-state index in [1.54, 1.807) is 6.20 Å². The van der Waals surface area contributed by atoms with Crippen LogP contribution < -0.4 is 4.74 Å². The fourth-order valence-corrected chi connectivity index (χ4v) is 3.92. The number of fused-ring (bicyclic) bond motifs is 1. The number of aryl methyl sites for hydroxylation is 1. The van der Waals surface area contributed by atoms with Crippen molar-refractivity contribution >= 4 is 16.8 Å². The van der Waals surface area contributed by atoms with E-state index in [0.717, 1.165) is 43.6 Å². The second-order valence-electron chi connectivity index (χ2n) is 8.07. The molecule has 0 unspecified atom stereocenters. The summed E-state index contributed by atoms with van der Waals surface area (Å²) in [6.45, 7) is 9.00. The molecule has 1 fully saturated rings. The van der Waals surface area contributed by atoms with Crippen LogP contribution in [0.1, 0.15) is 24.3 Å². The summed E-state index contributed by atoms with van der Waals surface area (Å²) in [5, 5.41) is 1.03. The first-order valence-corrected chi connectivity index (χ1v) is 10.2. The summed E-state index contributed by atoms with van der Waals surface area (Å²) >= 11 is 0. The quantitative estimate of drug-likeness (QED) is 0.663. The Morgan fingerprint density at radius 2 is 1.90 bits per heavy atom. The average Bonchev–Trinajstić information content (AvgIpc) is 3.05. The fourth-order valence-electron chi connectivity index (χ4n) is 3.92. The highest BCUT2D eigenvalue weighted by Crippen LogP contribution is 2.27. The molecule has 0 saturated carbocycles. The van der Waals surface area contributed by atoms with E-state index >= 15 is 0 Å². The number of pyridine rings is 1. The molecule has 0 bridgehead atoms. The topological polar surface area (TPSA) is 50.6 Å². The van der Waals surface area contributed by atoms with E-state index in [0.29, 0.717) is 23.2 Å². The molecule has 0 aliphatic carbocycles. The Morgan fingerprint density at radius 3 is 2.59 bits per heavy atom. The molecule has 3 heterocycles. The van der Waals surface area contributed by atoms with Crippen LogP contribution in [0.3, 0.4) is 0 Å². The summed E-state index contributed by atoms with van der Waals surface area (Å²) < 4.78 is 7.81. The van der Waals surface area contributed by atoms with Crippen molar-refractivity contribution in [2.24, 2.45) is 13.0 Å². The van der Waals surface area contributed by atoms with Gasteiger partial charge >= 0.3 is 0 Å². The second kappa shape index (κ2) is 8.25. The zero-order valence-corrected chi connectivity index (χ0v) is 17.3. The van der Waals surface area contributed by atoms with Gasteiger partial charge in [-0.05, 0) is 30.2 Å². The highest BCUT2D eigenvalue weighted by Gasteiger charge is 2.24. The summed E-state index contributed by atoms with van der Waals surface area (Å²) in [4.78, 5) is 21.8. The summed E-state index contributed by atoms with van der Waals surface area (Å²) in [6, 6.07) is 13.4. The standard InChI is InChI=1S/C23H28N4O2/c1-17(2)16-26-10-12-27(13-11-26)23(28)21-14-18-7-8-19(15-20(18)25(21)3)29-22-6-4-5-9-24-22/h4-9,14-15,17H,10-13,16H2,1-3H3. The van der Waals surface area contributed by atoms with Gasteiger partial charge in [-0.2, -0.15) is 0 Å². The Labute approximate surface area is 171 Å². The number of carbonyl (C=O) groups excluding carboxylic acids is 1. The maximum absolute atomic E-state index is 13.1. The van der Waals surface area contributed by atoms with Crippen molar-refractivity contribution in [2.45, 2.75) is 13.8 Å². The van der Waals surface area contributed by atoms with E-state index in [1.165, 1.54) is 0 Å². The minimum absolute atomic E-state index is 0.0973. The van der Waals surface area contributed by atoms with E-state index in [1.807, 2.05) is 59.0 Å². The second-order valence-corrected chi connectivity index (χ2v) is 8.07. The Bertz CT molecular complexity index is 989. The number of amides is 1. The highest BCUT2D eigenvalue weighted by molar-refractivity contribution is 5.99. The maximum Gasteiger partial charge on any atom is 0.270 e. The van der Waals surface area contributed by atoms with Crippen LogP contribution >= 0.6 is 0 Å². The predicted molar refractivity (Wildman–Crippen MR) is 114 cm³/mol. The van der Waals surface area contributed by atoms with Crippen molar-refractivity contribution in [3.8, 4) is 11.6 Å². The molecule has 1 aromatic carbocycles. The molecule has 0 spiro atoms. The largest absolute Gasteiger partial charge is 0.439 e. The molecule has 6 nitrogen and oxygen atoms in total. The first-order valence-electron chi connectivity index (χ1n) is 10.2. The Kier molecular flexibility index (Phi) is 5.53. The first kappa shape index (κ1) is 19.5. The molecule has 0 atom stereocenters. The Balaban J connectivity index is 1.51.